The molecule has 0 aliphatic carbocycles. The molecule has 2 rings (SSSR count). The van der Waals surface area contributed by atoms with Crippen LogP contribution in [0.4, 0.5) is 4.79 Å². The summed E-state index contributed by atoms with van der Waals surface area (Å²) in [6.07, 6.45) is 1.87. The molecule has 9 nitrogen and oxygen atoms in total. The predicted molar refractivity (Wildman–Crippen MR) is 90.5 cm³/mol. The van der Waals surface area contributed by atoms with Crippen molar-refractivity contribution in [3.05, 3.63) is 34.8 Å². The second kappa shape index (κ2) is 8.32. The average molecular weight is 363 g/mol. The lowest BCUT2D eigenvalue weighted by Crippen LogP contribution is -2.51. The van der Waals surface area contributed by atoms with Crippen LogP contribution in [-0.4, -0.2) is 48.0 Å². The predicted octanol–water partition coefficient (Wildman–Crippen LogP) is 1.28. The zero-order chi connectivity index (χ0) is 19.3. The van der Waals surface area contributed by atoms with Crippen LogP contribution in [0.1, 0.15) is 48.0 Å². The van der Waals surface area contributed by atoms with Crippen molar-refractivity contribution >= 4 is 23.8 Å². The Morgan fingerprint density at radius 2 is 1.88 bits per heavy atom. The number of nitrogens with one attached hydrogen (secondary N) is 3. The molecule has 1 atom stereocenters. The average Bonchev–Trinajstić information content (AvgIpc) is 3.09. The fourth-order valence-corrected chi connectivity index (χ4v) is 2.51. The van der Waals surface area contributed by atoms with E-state index in [-0.39, 0.29) is 36.0 Å². The van der Waals surface area contributed by atoms with Gasteiger partial charge in [-0.2, -0.15) is 0 Å². The highest BCUT2D eigenvalue weighted by Crippen LogP contribution is 2.18. The lowest BCUT2D eigenvalue weighted by Gasteiger charge is -2.28. The molecule has 0 spiro atoms. The number of carbonyl (C=O) groups is 4. The number of esters is 2. The van der Waals surface area contributed by atoms with Crippen LogP contribution in [0.5, 0.6) is 0 Å². The zero-order valence-electron chi connectivity index (χ0n) is 14.8. The van der Waals surface area contributed by atoms with E-state index in [0.29, 0.717) is 12.0 Å². The monoisotopic (exact) mass is 363 g/mol. The lowest BCUT2D eigenvalue weighted by molar-refractivity contribution is -0.139. The first-order valence-electron chi connectivity index (χ1n) is 8.21. The fraction of sp³-hybridized carbons (Fsp3) is 0.412. The lowest BCUT2D eigenvalue weighted by atomic mass is 10.0. The Balaban J connectivity index is 2.18. The maximum Gasteiger partial charge on any atom is 0.355 e. The summed E-state index contributed by atoms with van der Waals surface area (Å²) in [5.41, 5.74) is 0.841. The summed E-state index contributed by atoms with van der Waals surface area (Å²) in [5, 5.41) is 5.12. The molecule has 2 heterocycles. The molecule has 3 N–H and O–H groups in total. The fourth-order valence-electron chi connectivity index (χ4n) is 2.51. The van der Waals surface area contributed by atoms with E-state index in [9.17, 15) is 19.2 Å². The van der Waals surface area contributed by atoms with Crippen molar-refractivity contribution in [3.63, 3.8) is 0 Å². The van der Waals surface area contributed by atoms with Gasteiger partial charge in [-0.3, -0.25) is 4.79 Å². The van der Waals surface area contributed by atoms with E-state index in [2.05, 4.69) is 15.6 Å². The van der Waals surface area contributed by atoms with Crippen molar-refractivity contribution in [1.82, 2.24) is 15.6 Å². The molecule has 1 aliphatic rings. The molecule has 26 heavy (non-hydrogen) atoms. The molecule has 0 saturated heterocycles. The largest absolute Gasteiger partial charge is 0.463 e. The molecule has 140 valence electrons. The maximum absolute atomic E-state index is 12.2. The Kier molecular flexibility index (Phi) is 6.16. The molecule has 9 heteroatoms. The first-order valence-corrected chi connectivity index (χ1v) is 8.21. The highest BCUT2D eigenvalue weighted by molar-refractivity contribution is 5.98. The highest BCUT2D eigenvalue weighted by atomic mass is 16.5. The number of ketones is 1. The molecule has 2 amide bonds. The van der Waals surface area contributed by atoms with E-state index in [0.717, 1.165) is 0 Å². The molecule has 0 saturated carbocycles. The number of urea groups is 1. The van der Waals surface area contributed by atoms with Crippen molar-refractivity contribution in [1.29, 1.82) is 0 Å². The normalized spacial score (nSPS) is 16.6. The number of hydrogen-bond donors (Lipinski definition) is 3. The van der Waals surface area contributed by atoms with Gasteiger partial charge in [-0.05, 0) is 26.3 Å². The summed E-state index contributed by atoms with van der Waals surface area (Å²) >= 11 is 0. The minimum Gasteiger partial charge on any atom is -0.463 e. The van der Waals surface area contributed by atoms with Crippen molar-refractivity contribution in [2.75, 3.05) is 13.2 Å². The van der Waals surface area contributed by atoms with Crippen molar-refractivity contribution in [2.24, 2.45) is 0 Å². The topological polar surface area (TPSA) is 127 Å². The van der Waals surface area contributed by atoms with Gasteiger partial charge >= 0.3 is 18.0 Å². The highest BCUT2D eigenvalue weighted by Gasteiger charge is 2.32. The summed E-state index contributed by atoms with van der Waals surface area (Å²) in [7, 11) is 0. The SMILES string of the molecule is CCOC(=O)C1=C(COC(=O)c2cc(C(C)=O)c[nH]2)NC(=O)N[C@H]1CC. The molecule has 1 aliphatic heterocycles. The van der Waals surface area contributed by atoms with Crippen molar-refractivity contribution in [2.45, 2.75) is 33.2 Å². The van der Waals surface area contributed by atoms with Crippen LogP contribution >= 0.6 is 0 Å². The number of aromatic amines is 1. The van der Waals surface area contributed by atoms with Gasteiger partial charge in [-0.25, -0.2) is 14.4 Å². The van der Waals surface area contributed by atoms with Gasteiger partial charge in [-0.1, -0.05) is 6.92 Å². The summed E-state index contributed by atoms with van der Waals surface area (Å²) in [5.74, 6) is -1.49. The quantitative estimate of drug-likeness (QED) is 0.495. The Morgan fingerprint density at radius 1 is 1.15 bits per heavy atom. The minimum absolute atomic E-state index is 0.0980. The third-order valence-corrected chi connectivity index (χ3v) is 3.80. The first-order chi connectivity index (χ1) is 12.4. The summed E-state index contributed by atoms with van der Waals surface area (Å²) in [4.78, 5) is 50.1. The third-order valence-electron chi connectivity index (χ3n) is 3.80. The molecule has 0 unspecified atom stereocenters. The summed E-state index contributed by atoms with van der Waals surface area (Å²) in [6, 6.07) is 0.349. The zero-order valence-corrected chi connectivity index (χ0v) is 14.8. The van der Waals surface area contributed by atoms with Crippen LogP contribution in [-0.2, 0) is 14.3 Å². The number of rotatable bonds is 7. The van der Waals surface area contributed by atoms with Crippen LogP contribution in [0.2, 0.25) is 0 Å². The second-order valence-electron chi connectivity index (χ2n) is 5.61. The molecular formula is C17H21N3O6. The molecule has 0 fully saturated rings. The number of carbonyl (C=O) groups excluding carboxylic acids is 4. The van der Waals surface area contributed by atoms with Crippen LogP contribution in [0, 0.1) is 0 Å². The molecular weight excluding hydrogens is 342 g/mol. The Labute approximate surface area is 150 Å². The molecule has 1 aromatic heterocycles. The van der Waals surface area contributed by atoms with Gasteiger partial charge in [0.1, 0.15) is 12.3 Å². The van der Waals surface area contributed by atoms with Gasteiger partial charge in [-0.15, -0.1) is 0 Å². The van der Waals surface area contributed by atoms with Gasteiger partial charge in [0.25, 0.3) is 0 Å². The van der Waals surface area contributed by atoms with E-state index in [1.54, 1.807) is 13.8 Å². The van der Waals surface area contributed by atoms with Crippen molar-refractivity contribution in [3.8, 4) is 0 Å². The third kappa shape index (κ3) is 4.29. The molecule has 1 aromatic rings. The van der Waals surface area contributed by atoms with Crippen LogP contribution < -0.4 is 10.6 Å². The van der Waals surface area contributed by atoms with Gasteiger partial charge in [0.2, 0.25) is 0 Å². The second-order valence-corrected chi connectivity index (χ2v) is 5.61. The van der Waals surface area contributed by atoms with Gasteiger partial charge in [0, 0.05) is 11.8 Å². The smallest absolute Gasteiger partial charge is 0.355 e. The Bertz CT molecular complexity index is 764. The van der Waals surface area contributed by atoms with Crippen LogP contribution in [0.25, 0.3) is 0 Å². The first kappa shape index (κ1) is 19.2. The molecule has 0 radical (unpaired) electrons. The van der Waals surface area contributed by atoms with E-state index in [1.165, 1.54) is 19.2 Å². The number of aromatic nitrogens is 1. The Morgan fingerprint density at radius 3 is 2.46 bits per heavy atom. The summed E-state index contributed by atoms with van der Waals surface area (Å²) in [6.45, 7) is 4.72. The van der Waals surface area contributed by atoms with E-state index >= 15 is 0 Å². The number of hydrogen-bond acceptors (Lipinski definition) is 6. The number of amides is 2. The maximum atomic E-state index is 12.2. The van der Waals surface area contributed by atoms with E-state index in [4.69, 9.17) is 9.47 Å². The molecule has 0 aromatic carbocycles. The molecule has 0 bridgehead atoms. The summed E-state index contributed by atoms with van der Waals surface area (Å²) < 4.78 is 10.2. The Hall–Kier alpha value is -3.10. The van der Waals surface area contributed by atoms with Gasteiger partial charge in [0.05, 0.1) is 23.9 Å². The number of H-pyrrole nitrogens is 1. The van der Waals surface area contributed by atoms with Crippen LogP contribution in [0.15, 0.2) is 23.5 Å². The standard InChI is InChI=1S/C17H21N3O6/c1-4-11-14(16(23)25-5-2)13(20-17(24)19-11)8-26-15(22)12-6-10(7-18-12)9(3)21/h6-7,11,18H,4-5,8H2,1-3H3,(H2,19,20,24)/t11-/m0/s1. The van der Waals surface area contributed by atoms with Crippen molar-refractivity contribution < 1.29 is 28.7 Å². The van der Waals surface area contributed by atoms with E-state index < -0.39 is 24.0 Å². The minimum atomic E-state index is -0.714. The van der Waals surface area contributed by atoms with Crippen LogP contribution in [0.3, 0.4) is 0 Å². The van der Waals surface area contributed by atoms with E-state index in [1.807, 2.05) is 0 Å². The number of ether oxygens (including phenoxy) is 2. The van der Waals surface area contributed by atoms with Gasteiger partial charge in [0.15, 0.2) is 5.78 Å². The number of Topliss-reactive ketones (excluding diaryl/α,β-unsaturated/α-hetero) is 1. The van der Waals surface area contributed by atoms with Gasteiger partial charge < -0.3 is 25.1 Å².